The largest absolute Gasteiger partial charge is 0.358 e. The zero-order valence-corrected chi connectivity index (χ0v) is 12.3. The number of fused-ring (bicyclic) bond motifs is 1. The molecule has 0 bridgehead atoms. The van der Waals surface area contributed by atoms with E-state index in [0.29, 0.717) is 24.4 Å². The Morgan fingerprint density at radius 3 is 2.59 bits per heavy atom. The molecule has 0 unspecified atom stereocenters. The van der Waals surface area contributed by atoms with Crippen LogP contribution < -0.4 is 0 Å². The molecular weight excluding hydrogens is 255 g/mol. The molecule has 0 radical (unpaired) electrons. The normalized spacial score (nSPS) is 28.9. The summed E-state index contributed by atoms with van der Waals surface area (Å²) in [6, 6.07) is 0. The van der Waals surface area contributed by atoms with E-state index >= 15 is 0 Å². The van der Waals surface area contributed by atoms with Crippen LogP contribution in [0.2, 0.25) is 0 Å². The van der Waals surface area contributed by atoms with E-state index in [9.17, 15) is 4.57 Å². The molecule has 1 aliphatic heterocycles. The van der Waals surface area contributed by atoms with Gasteiger partial charge in [0.1, 0.15) is 0 Å². The van der Waals surface area contributed by atoms with Gasteiger partial charge >= 0.3 is 7.60 Å². The van der Waals surface area contributed by atoms with E-state index in [4.69, 9.17) is 9.05 Å². The van der Waals surface area contributed by atoms with Crippen molar-refractivity contribution in [3.8, 4) is 0 Å². The first-order valence-corrected chi connectivity index (χ1v) is 8.95. The summed E-state index contributed by atoms with van der Waals surface area (Å²) in [5.41, 5.74) is 0. The second-order valence-electron chi connectivity index (χ2n) is 4.44. The molecule has 2 aliphatic rings. The van der Waals surface area contributed by atoms with Crippen molar-refractivity contribution in [1.29, 1.82) is 0 Å². The van der Waals surface area contributed by atoms with Gasteiger partial charge in [-0.15, -0.1) is 11.8 Å². The van der Waals surface area contributed by atoms with Crippen molar-refractivity contribution in [3.05, 3.63) is 10.7 Å². The molecule has 1 heterocycles. The lowest BCUT2D eigenvalue weighted by atomic mass is 9.89. The van der Waals surface area contributed by atoms with Crippen LogP contribution in [0, 0.1) is 5.92 Å². The van der Waals surface area contributed by atoms with E-state index in [1.54, 1.807) is 0 Å². The van der Waals surface area contributed by atoms with Gasteiger partial charge < -0.3 is 9.05 Å². The van der Waals surface area contributed by atoms with E-state index < -0.39 is 7.60 Å². The number of allylic oxidation sites excluding steroid dienone is 1. The Bertz CT molecular complexity index is 333. The Morgan fingerprint density at radius 2 is 1.94 bits per heavy atom. The minimum Gasteiger partial charge on any atom is -0.306 e. The van der Waals surface area contributed by atoms with E-state index in [-0.39, 0.29) is 0 Å². The van der Waals surface area contributed by atoms with Crippen LogP contribution in [0.3, 0.4) is 0 Å². The molecule has 0 aromatic rings. The van der Waals surface area contributed by atoms with Crippen LogP contribution in [0.5, 0.6) is 0 Å². The third-order valence-corrected chi connectivity index (χ3v) is 7.13. The first kappa shape index (κ1) is 13.7. The number of thioether (sulfide) groups is 1. The molecule has 0 spiro atoms. The van der Waals surface area contributed by atoms with Gasteiger partial charge in [0.05, 0.1) is 18.5 Å². The smallest absolute Gasteiger partial charge is 0.306 e. The molecule has 2 rings (SSSR count). The molecule has 5 heteroatoms. The third kappa shape index (κ3) is 2.81. The molecule has 1 fully saturated rings. The molecule has 0 aromatic heterocycles. The highest BCUT2D eigenvalue weighted by Crippen LogP contribution is 2.64. The van der Waals surface area contributed by atoms with Gasteiger partial charge in [-0.2, -0.15) is 0 Å². The standard InChI is InChI=1S/C12H21O3PS/c1-3-14-16(13,15-4-2)11-9-17-12-8-6-5-7-10(11)12/h9-10,12H,3-8H2,1-2H3/t10-,12-/m0/s1. The van der Waals surface area contributed by atoms with Gasteiger partial charge in [-0.3, -0.25) is 4.57 Å². The fourth-order valence-corrected chi connectivity index (χ4v) is 6.47. The summed E-state index contributed by atoms with van der Waals surface area (Å²) in [7, 11) is -3.02. The lowest BCUT2D eigenvalue weighted by Crippen LogP contribution is -2.20. The molecule has 1 aliphatic carbocycles. The Morgan fingerprint density at radius 1 is 1.29 bits per heavy atom. The predicted molar refractivity (Wildman–Crippen MR) is 72.3 cm³/mol. The van der Waals surface area contributed by atoms with Gasteiger partial charge in [-0.25, -0.2) is 0 Å². The summed E-state index contributed by atoms with van der Waals surface area (Å²) in [6.07, 6.45) is 4.89. The van der Waals surface area contributed by atoms with Gasteiger partial charge in [0, 0.05) is 11.2 Å². The Labute approximate surface area is 108 Å². The van der Waals surface area contributed by atoms with Crippen LogP contribution in [0.15, 0.2) is 10.7 Å². The molecule has 0 N–H and O–H groups in total. The summed E-state index contributed by atoms with van der Waals surface area (Å²) in [4.78, 5) is 0. The van der Waals surface area contributed by atoms with Crippen molar-refractivity contribution in [2.24, 2.45) is 5.92 Å². The summed E-state index contributed by atoms with van der Waals surface area (Å²) >= 11 is 1.82. The lowest BCUT2D eigenvalue weighted by Gasteiger charge is -2.29. The number of hydrogen-bond acceptors (Lipinski definition) is 4. The Kier molecular flexibility index (Phi) is 4.76. The second-order valence-corrected chi connectivity index (χ2v) is 7.58. The third-order valence-electron chi connectivity index (χ3n) is 3.36. The fourth-order valence-electron chi connectivity index (χ4n) is 2.64. The molecule has 2 atom stereocenters. The van der Waals surface area contributed by atoms with Gasteiger partial charge in [-0.05, 0) is 32.1 Å². The predicted octanol–water partition coefficient (Wildman–Crippen LogP) is 4.40. The van der Waals surface area contributed by atoms with Crippen molar-refractivity contribution in [2.45, 2.75) is 44.8 Å². The molecule has 17 heavy (non-hydrogen) atoms. The van der Waals surface area contributed by atoms with Crippen molar-refractivity contribution in [3.63, 3.8) is 0 Å². The van der Waals surface area contributed by atoms with Crippen LogP contribution in [0.4, 0.5) is 0 Å². The summed E-state index contributed by atoms with van der Waals surface area (Å²) < 4.78 is 23.7. The SMILES string of the molecule is CCOP(=O)(OCC)C1=CS[C@H]2CCCC[C@@H]12. The zero-order chi connectivity index (χ0) is 12.3. The van der Waals surface area contributed by atoms with Crippen molar-refractivity contribution in [2.75, 3.05) is 13.2 Å². The van der Waals surface area contributed by atoms with E-state index in [2.05, 4.69) is 0 Å². The van der Waals surface area contributed by atoms with E-state index in [0.717, 1.165) is 11.7 Å². The van der Waals surface area contributed by atoms with Gasteiger partial charge in [0.2, 0.25) is 0 Å². The van der Waals surface area contributed by atoms with Crippen LogP contribution in [0.25, 0.3) is 0 Å². The maximum Gasteiger partial charge on any atom is 0.358 e. The van der Waals surface area contributed by atoms with E-state index in [1.807, 2.05) is 31.0 Å². The molecular formula is C12H21O3PS. The minimum absolute atomic E-state index is 0.415. The zero-order valence-electron chi connectivity index (χ0n) is 10.6. The average molecular weight is 276 g/mol. The maximum atomic E-state index is 12.7. The number of hydrogen-bond donors (Lipinski definition) is 0. The maximum absolute atomic E-state index is 12.7. The molecule has 0 saturated heterocycles. The molecule has 0 amide bonds. The van der Waals surface area contributed by atoms with Crippen LogP contribution in [-0.4, -0.2) is 18.5 Å². The number of rotatable bonds is 5. The lowest BCUT2D eigenvalue weighted by molar-refractivity contribution is 0.222. The minimum atomic E-state index is -3.02. The first-order valence-electron chi connectivity index (χ1n) is 6.46. The highest BCUT2D eigenvalue weighted by molar-refractivity contribution is 8.03. The van der Waals surface area contributed by atoms with Crippen molar-refractivity contribution < 1.29 is 13.6 Å². The second kappa shape index (κ2) is 5.92. The Hall–Kier alpha value is 0.240. The van der Waals surface area contributed by atoms with Crippen LogP contribution in [0.1, 0.15) is 39.5 Å². The highest BCUT2D eigenvalue weighted by atomic mass is 32.2. The van der Waals surface area contributed by atoms with Crippen LogP contribution >= 0.6 is 19.4 Å². The topological polar surface area (TPSA) is 35.5 Å². The van der Waals surface area contributed by atoms with E-state index in [1.165, 1.54) is 19.3 Å². The molecule has 3 nitrogen and oxygen atoms in total. The van der Waals surface area contributed by atoms with Gasteiger partial charge in [0.15, 0.2) is 0 Å². The summed E-state index contributed by atoms with van der Waals surface area (Å²) in [5.74, 6) is 0.415. The van der Waals surface area contributed by atoms with Gasteiger partial charge in [0.25, 0.3) is 0 Å². The summed E-state index contributed by atoms with van der Waals surface area (Å²) in [6.45, 7) is 4.62. The molecule has 1 saturated carbocycles. The van der Waals surface area contributed by atoms with Crippen molar-refractivity contribution >= 4 is 19.4 Å². The molecule has 98 valence electrons. The Balaban J connectivity index is 2.16. The van der Waals surface area contributed by atoms with Crippen LogP contribution in [-0.2, 0) is 13.6 Å². The quantitative estimate of drug-likeness (QED) is 0.697. The monoisotopic (exact) mass is 276 g/mol. The average Bonchev–Trinajstić information content (AvgIpc) is 2.74. The molecule has 0 aromatic carbocycles. The fraction of sp³-hybridized carbons (Fsp3) is 0.833. The highest BCUT2D eigenvalue weighted by Gasteiger charge is 2.43. The van der Waals surface area contributed by atoms with Crippen molar-refractivity contribution in [1.82, 2.24) is 0 Å². The first-order chi connectivity index (χ1) is 8.21. The van der Waals surface area contributed by atoms with Gasteiger partial charge in [-0.1, -0.05) is 12.8 Å². The summed E-state index contributed by atoms with van der Waals surface area (Å²) in [5, 5.41) is 3.59.